The second-order valence-electron chi connectivity index (χ2n) is 9.87. The number of carbonyl (C=O) groups is 2. The van der Waals surface area contributed by atoms with Gasteiger partial charge >= 0.3 is 0 Å². The fraction of sp³-hybridized carbons (Fsp3) is 0.355. The molecule has 1 N–H and O–H groups in total. The minimum absolute atomic E-state index is 0.169. The third-order valence-electron chi connectivity index (χ3n) is 6.66. The van der Waals surface area contributed by atoms with Crippen molar-refractivity contribution in [2.45, 2.75) is 52.6 Å². The first-order valence-electron chi connectivity index (χ1n) is 13.3. The summed E-state index contributed by atoms with van der Waals surface area (Å²) in [7, 11) is -3.80. The quantitative estimate of drug-likeness (QED) is 0.315. The number of hydrogen-bond donors (Lipinski definition) is 1. The first-order valence-corrected chi connectivity index (χ1v) is 15.2. The van der Waals surface area contributed by atoms with Gasteiger partial charge in [-0.25, -0.2) is 8.42 Å². The van der Waals surface area contributed by atoms with Crippen LogP contribution in [0.25, 0.3) is 0 Å². The topological polar surface area (TPSA) is 86.8 Å². The van der Waals surface area contributed by atoms with Gasteiger partial charge < -0.3 is 10.2 Å². The summed E-state index contributed by atoms with van der Waals surface area (Å²) in [6, 6.07) is 23.7. The van der Waals surface area contributed by atoms with Crippen LogP contribution in [-0.4, -0.2) is 50.5 Å². The first kappa shape index (κ1) is 29.9. The Balaban J connectivity index is 2.05. The summed E-state index contributed by atoms with van der Waals surface area (Å²) < 4.78 is 27.2. The molecule has 8 heteroatoms. The zero-order valence-electron chi connectivity index (χ0n) is 23.3. The van der Waals surface area contributed by atoms with E-state index in [1.807, 2.05) is 99.6 Å². The van der Waals surface area contributed by atoms with Gasteiger partial charge in [0.25, 0.3) is 0 Å². The predicted molar refractivity (Wildman–Crippen MR) is 157 cm³/mol. The van der Waals surface area contributed by atoms with E-state index in [2.05, 4.69) is 5.32 Å². The molecule has 0 aliphatic carbocycles. The Hall–Kier alpha value is -3.65. The molecular formula is C31H39N3O4S. The van der Waals surface area contributed by atoms with Gasteiger partial charge in [0, 0.05) is 19.5 Å². The SMILES string of the molecule is CCCCNC(=O)C(Cc1ccccc1)N(Cc1ccccc1)C(=O)CN(c1c(C)cccc1C)S(C)(=O)=O. The van der Waals surface area contributed by atoms with E-state index in [-0.39, 0.29) is 12.5 Å². The number of unbranched alkanes of at least 4 members (excludes halogenated alkanes) is 1. The molecule has 0 aliphatic rings. The first-order chi connectivity index (χ1) is 18.6. The summed E-state index contributed by atoms with van der Waals surface area (Å²) in [6.45, 7) is 5.96. The van der Waals surface area contributed by atoms with Gasteiger partial charge in [0.05, 0.1) is 11.9 Å². The van der Waals surface area contributed by atoms with Crippen LogP contribution < -0.4 is 9.62 Å². The van der Waals surface area contributed by atoms with Gasteiger partial charge in [0.1, 0.15) is 12.6 Å². The van der Waals surface area contributed by atoms with Crippen molar-refractivity contribution in [1.29, 1.82) is 0 Å². The number of benzene rings is 3. The molecule has 0 heterocycles. The molecule has 2 amide bonds. The minimum atomic E-state index is -3.80. The van der Waals surface area contributed by atoms with Gasteiger partial charge in [-0.1, -0.05) is 92.2 Å². The van der Waals surface area contributed by atoms with Crippen molar-refractivity contribution in [2.75, 3.05) is 23.7 Å². The van der Waals surface area contributed by atoms with Crippen LogP contribution in [0.5, 0.6) is 0 Å². The van der Waals surface area contributed by atoms with Crippen molar-refractivity contribution in [1.82, 2.24) is 10.2 Å². The second-order valence-corrected chi connectivity index (χ2v) is 11.8. The average Bonchev–Trinajstić information content (AvgIpc) is 2.90. The summed E-state index contributed by atoms with van der Waals surface area (Å²) in [5, 5.41) is 2.99. The molecule has 1 atom stereocenters. The summed E-state index contributed by atoms with van der Waals surface area (Å²) >= 11 is 0. The summed E-state index contributed by atoms with van der Waals surface area (Å²) in [5.41, 5.74) is 3.75. The van der Waals surface area contributed by atoms with E-state index in [9.17, 15) is 18.0 Å². The molecule has 0 aliphatic heterocycles. The number of aryl methyl sites for hydroxylation is 2. The molecule has 3 aromatic rings. The predicted octanol–water partition coefficient (Wildman–Crippen LogP) is 4.63. The lowest BCUT2D eigenvalue weighted by Gasteiger charge is -2.34. The van der Waals surface area contributed by atoms with Crippen molar-refractivity contribution >= 4 is 27.5 Å². The maximum atomic E-state index is 14.1. The number of nitrogens with zero attached hydrogens (tertiary/aromatic N) is 2. The van der Waals surface area contributed by atoms with Gasteiger partial charge in [-0.2, -0.15) is 0 Å². The lowest BCUT2D eigenvalue weighted by atomic mass is 10.0. The van der Waals surface area contributed by atoms with Gasteiger partial charge in [-0.3, -0.25) is 13.9 Å². The minimum Gasteiger partial charge on any atom is -0.354 e. The molecule has 3 rings (SSSR count). The van der Waals surface area contributed by atoms with E-state index in [1.54, 1.807) is 0 Å². The van der Waals surface area contributed by atoms with Crippen LogP contribution in [0.2, 0.25) is 0 Å². The molecule has 208 valence electrons. The molecule has 0 spiro atoms. The molecule has 0 bridgehead atoms. The van der Waals surface area contributed by atoms with Crippen LogP contribution in [0.1, 0.15) is 42.0 Å². The van der Waals surface area contributed by atoms with Gasteiger partial charge in [0.15, 0.2) is 0 Å². The number of amides is 2. The van der Waals surface area contributed by atoms with Crippen LogP contribution in [-0.2, 0) is 32.6 Å². The summed E-state index contributed by atoms with van der Waals surface area (Å²) in [5.74, 6) is -0.701. The average molecular weight is 550 g/mol. The van der Waals surface area contributed by atoms with E-state index in [4.69, 9.17) is 0 Å². The Morgan fingerprint density at radius 2 is 1.41 bits per heavy atom. The summed E-state index contributed by atoms with van der Waals surface area (Å²) in [4.78, 5) is 29.2. The largest absolute Gasteiger partial charge is 0.354 e. The molecule has 7 nitrogen and oxygen atoms in total. The van der Waals surface area contributed by atoms with Crippen LogP contribution >= 0.6 is 0 Å². The zero-order valence-corrected chi connectivity index (χ0v) is 24.1. The van der Waals surface area contributed by atoms with Crippen LogP contribution in [0, 0.1) is 13.8 Å². The van der Waals surface area contributed by atoms with E-state index >= 15 is 0 Å². The Morgan fingerprint density at radius 3 is 1.95 bits per heavy atom. The molecule has 39 heavy (non-hydrogen) atoms. The Bertz CT molecular complexity index is 1320. The fourth-order valence-corrected chi connectivity index (χ4v) is 5.58. The van der Waals surface area contributed by atoms with Gasteiger partial charge in [-0.05, 0) is 42.5 Å². The van der Waals surface area contributed by atoms with Crippen molar-refractivity contribution in [3.8, 4) is 0 Å². The van der Waals surface area contributed by atoms with Crippen molar-refractivity contribution in [3.63, 3.8) is 0 Å². The fourth-order valence-electron chi connectivity index (χ4n) is 4.62. The van der Waals surface area contributed by atoms with Gasteiger partial charge in [0.2, 0.25) is 21.8 Å². The number of hydrogen-bond acceptors (Lipinski definition) is 4. The molecule has 1 unspecified atom stereocenters. The van der Waals surface area contributed by atoms with Crippen LogP contribution in [0.3, 0.4) is 0 Å². The van der Waals surface area contributed by atoms with Crippen molar-refractivity contribution in [2.24, 2.45) is 0 Å². The molecule has 0 aromatic heterocycles. The molecule has 0 radical (unpaired) electrons. The standard InChI is InChI=1S/C31H39N3O4S/c1-5-6-20-32-31(36)28(21-26-16-9-7-10-17-26)33(22-27-18-11-8-12-19-27)29(35)23-34(39(4,37)38)30-24(2)14-13-15-25(30)3/h7-19,28H,5-6,20-23H2,1-4H3,(H,32,36). The number of carbonyl (C=O) groups excluding carboxylic acids is 2. The van der Waals surface area contributed by atoms with Crippen molar-refractivity contribution < 1.29 is 18.0 Å². The number of para-hydroxylation sites is 1. The van der Waals surface area contributed by atoms with E-state index < -0.39 is 28.5 Å². The van der Waals surface area contributed by atoms with Crippen LogP contribution in [0.15, 0.2) is 78.9 Å². The highest BCUT2D eigenvalue weighted by atomic mass is 32.2. The molecule has 0 saturated carbocycles. The van der Waals surface area contributed by atoms with E-state index in [0.29, 0.717) is 18.7 Å². The number of rotatable bonds is 13. The lowest BCUT2D eigenvalue weighted by Crippen LogP contribution is -2.53. The Morgan fingerprint density at radius 1 is 0.846 bits per heavy atom. The van der Waals surface area contributed by atoms with E-state index in [0.717, 1.165) is 45.7 Å². The number of sulfonamides is 1. The Labute approximate surface area is 232 Å². The van der Waals surface area contributed by atoms with Crippen LogP contribution in [0.4, 0.5) is 5.69 Å². The molecular weight excluding hydrogens is 510 g/mol. The monoisotopic (exact) mass is 549 g/mol. The number of nitrogens with one attached hydrogen (secondary N) is 1. The second kappa shape index (κ2) is 13.9. The normalized spacial score (nSPS) is 12.0. The molecule has 0 fully saturated rings. The maximum Gasteiger partial charge on any atom is 0.244 e. The van der Waals surface area contributed by atoms with Gasteiger partial charge in [-0.15, -0.1) is 0 Å². The maximum absolute atomic E-state index is 14.1. The summed E-state index contributed by atoms with van der Waals surface area (Å²) in [6.07, 6.45) is 3.16. The highest BCUT2D eigenvalue weighted by molar-refractivity contribution is 7.92. The third-order valence-corrected chi connectivity index (χ3v) is 7.78. The lowest BCUT2D eigenvalue weighted by molar-refractivity contribution is -0.140. The molecule has 0 saturated heterocycles. The van der Waals surface area contributed by atoms with Crippen molar-refractivity contribution in [3.05, 3.63) is 101 Å². The smallest absolute Gasteiger partial charge is 0.244 e. The number of anilines is 1. The zero-order chi connectivity index (χ0) is 28.4. The highest BCUT2D eigenvalue weighted by Crippen LogP contribution is 2.27. The highest BCUT2D eigenvalue weighted by Gasteiger charge is 2.33. The third kappa shape index (κ3) is 8.42. The Kier molecular flexibility index (Phi) is 10.7. The van der Waals surface area contributed by atoms with E-state index in [1.165, 1.54) is 4.90 Å². The molecule has 3 aromatic carbocycles.